The maximum atomic E-state index is 6.36. The molecule has 27 heavy (non-hydrogen) atoms. The van der Waals surface area contributed by atoms with E-state index >= 15 is 0 Å². The number of nitrogens with one attached hydrogen (secondary N) is 1. The number of benzene rings is 2. The average Bonchev–Trinajstić information content (AvgIpc) is 3.07. The molecule has 0 saturated carbocycles. The van der Waals surface area contributed by atoms with Gasteiger partial charge in [0.1, 0.15) is 6.61 Å². The fourth-order valence-electron chi connectivity index (χ4n) is 2.26. The van der Waals surface area contributed by atoms with Gasteiger partial charge in [-0.3, -0.25) is 5.43 Å². The summed E-state index contributed by atoms with van der Waals surface area (Å²) < 4.78 is 11.3. The number of rotatable bonds is 7. The first-order valence-electron chi connectivity index (χ1n) is 8.01. The van der Waals surface area contributed by atoms with Crippen LogP contribution in [-0.4, -0.2) is 18.3 Å². The molecule has 0 amide bonds. The number of aromatic nitrogens is 1. The molecule has 0 aliphatic carbocycles. The van der Waals surface area contributed by atoms with Crippen molar-refractivity contribution in [3.8, 4) is 11.5 Å². The van der Waals surface area contributed by atoms with Crippen LogP contribution in [0.1, 0.15) is 16.8 Å². The largest absolute Gasteiger partial charge is 0.493 e. The van der Waals surface area contributed by atoms with Crippen molar-refractivity contribution in [1.82, 2.24) is 4.98 Å². The van der Waals surface area contributed by atoms with Crippen molar-refractivity contribution in [3.05, 3.63) is 68.6 Å². The number of ether oxygens (including phenoxy) is 2. The quantitative estimate of drug-likeness (QED) is 0.387. The van der Waals surface area contributed by atoms with Crippen LogP contribution in [0.15, 0.2) is 46.9 Å². The Balaban J connectivity index is 1.73. The number of nitrogens with zero attached hydrogens (tertiary/aromatic N) is 2. The van der Waals surface area contributed by atoms with E-state index in [1.807, 2.05) is 36.6 Å². The van der Waals surface area contributed by atoms with Gasteiger partial charge in [-0.2, -0.15) is 5.10 Å². The summed E-state index contributed by atoms with van der Waals surface area (Å²) in [6, 6.07) is 11.0. The molecule has 0 aliphatic rings. The third kappa shape index (κ3) is 5.13. The molecule has 1 heterocycles. The average molecular weight is 422 g/mol. The molecule has 0 aliphatic heterocycles. The van der Waals surface area contributed by atoms with Crippen LogP contribution >= 0.6 is 34.5 Å². The predicted octanol–water partition coefficient (Wildman–Crippen LogP) is 5.79. The van der Waals surface area contributed by atoms with Gasteiger partial charge in [-0.1, -0.05) is 41.4 Å². The molecule has 140 valence electrons. The summed E-state index contributed by atoms with van der Waals surface area (Å²) in [5.41, 5.74) is 5.39. The second kappa shape index (κ2) is 9.08. The number of aryl methyl sites for hydroxylation is 1. The Labute approximate surface area is 171 Å². The van der Waals surface area contributed by atoms with Gasteiger partial charge in [-0.25, -0.2) is 4.98 Å². The third-order valence-corrected chi connectivity index (χ3v) is 5.17. The molecular formula is C19H17Cl2N3O2S. The van der Waals surface area contributed by atoms with Crippen molar-refractivity contribution >= 4 is 45.9 Å². The van der Waals surface area contributed by atoms with E-state index in [2.05, 4.69) is 15.5 Å². The van der Waals surface area contributed by atoms with Crippen LogP contribution in [-0.2, 0) is 6.61 Å². The molecule has 0 bridgehead atoms. The molecule has 8 heteroatoms. The molecule has 0 radical (unpaired) electrons. The van der Waals surface area contributed by atoms with Gasteiger partial charge in [0.25, 0.3) is 0 Å². The van der Waals surface area contributed by atoms with Gasteiger partial charge >= 0.3 is 0 Å². The molecule has 0 spiro atoms. The summed E-state index contributed by atoms with van der Waals surface area (Å²) in [6.07, 6.45) is 1.61. The molecule has 0 saturated heterocycles. The fourth-order valence-corrected chi connectivity index (χ4v) is 3.29. The minimum atomic E-state index is 0.310. The summed E-state index contributed by atoms with van der Waals surface area (Å²) >= 11 is 14.0. The molecule has 0 fully saturated rings. The van der Waals surface area contributed by atoms with Crippen LogP contribution in [0.25, 0.3) is 0 Å². The lowest BCUT2D eigenvalue weighted by atomic mass is 10.2. The van der Waals surface area contributed by atoms with Gasteiger partial charge in [0.15, 0.2) is 11.5 Å². The highest BCUT2D eigenvalue weighted by molar-refractivity contribution is 7.13. The van der Waals surface area contributed by atoms with Crippen molar-refractivity contribution in [2.75, 3.05) is 12.5 Å². The minimum absolute atomic E-state index is 0.310. The Morgan fingerprint density at radius 2 is 2.00 bits per heavy atom. The third-order valence-electron chi connectivity index (χ3n) is 3.61. The maximum Gasteiger partial charge on any atom is 0.203 e. The van der Waals surface area contributed by atoms with Crippen molar-refractivity contribution in [2.45, 2.75) is 13.5 Å². The molecule has 5 nitrogen and oxygen atoms in total. The SMILES string of the molecule is COc1cc(C=NNc2nc(C)cs2)c(Cl)cc1OCc1ccccc1Cl. The van der Waals surface area contributed by atoms with Crippen molar-refractivity contribution < 1.29 is 9.47 Å². The summed E-state index contributed by atoms with van der Waals surface area (Å²) in [5, 5.41) is 7.97. The standard InChI is InChI=1S/C19H17Cl2N3O2S/c1-12-11-27-19(23-12)24-22-9-14-7-17(25-2)18(8-16(14)21)26-10-13-5-3-4-6-15(13)20/h3-9,11H,10H2,1-2H3,(H,23,24). The highest BCUT2D eigenvalue weighted by Crippen LogP contribution is 2.33. The minimum Gasteiger partial charge on any atom is -0.493 e. The Morgan fingerprint density at radius 1 is 1.19 bits per heavy atom. The number of methoxy groups -OCH3 is 1. The number of hydrogen-bond acceptors (Lipinski definition) is 6. The monoisotopic (exact) mass is 421 g/mol. The second-order valence-corrected chi connectivity index (χ2v) is 7.24. The summed E-state index contributed by atoms with van der Waals surface area (Å²) in [6.45, 7) is 2.24. The van der Waals surface area contributed by atoms with Crippen LogP contribution in [0.4, 0.5) is 5.13 Å². The molecule has 0 unspecified atom stereocenters. The van der Waals surface area contributed by atoms with Gasteiger partial charge in [-0.15, -0.1) is 11.3 Å². The van der Waals surface area contributed by atoms with Crippen LogP contribution in [0.2, 0.25) is 10.0 Å². The van der Waals surface area contributed by atoms with E-state index < -0.39 is 0 Å². The van der Waals surface area contributed by atoms with Gasteiger partial charge in [0, 0.05) is 27.6 Å². The zero-order chi connectivity index (χ0) is 19.2. The molecule has 3 rings (SSSR count). The molecule has 3 aromatic rings. The Morgan fingerprint density at radius 3 is 2.70 bits per heavy atom. The normalized spacial score (nSPS) is 11.0. The fraction of sp³-hybridized carbons (Fsp3) is 0.158. The first kappa shape index (κ1) is 19.5. The summed E-state index contributed by atoms with van der Waals surface area (Å²) in [7, 11) is 1.57. The predicted molar refractivity (Wildman–Crippen MR) is 112 cm³/mol. The van der Waals surface area contributed by atoms with E-state index in [-0.39, 0.29) is 0 Å². The van der Waals surface area contributed by atoms with Crippen LogP contribution in [0.3, 0.4) is 0 Å². The van der Waals surface area contributed by atoms with Crippen molar-refractivity contribution in [1.29, 1.82) is 0 Å². The number of halogens is 2. The number of anilines is 1. The lowest BCUT2D eigenvalue weighted by Crippen LogP contribution is -2.00. The zero-order valence-corrected chi connectivity index (χ0v) is 17.0. The van der Waals surface area contributed by atoms with E-state index in [9.17, 15) is 0 Å². The van der Waals surface area contributed by atoms with Crippen LogP contribution < -0.4 is 14.9 Å². The lowest BCUT2D eigenvalue weighted by Gasteiger charge is -2.13. The Bertz CT molecular complexity index is 960. The molecule has 1 aromatic heterocycles. The van der Waals surface area contributed by atoms with E-state index in [4.69, 9.17) is 32.7 Å². The van der Waals surface area contributed by atoms with Crippen molar-refractivity contribution in [3.63, 3.8) is 0 Å². The maximum absolute atomic E-state index is 6.36. The highest BCUT2D eigenvalue weighted by Gasteiger charge is 2.11. The van der Waals surface area contributed by atoms with Crippen LogP contribution in [0, 0.1) is 6.92 Å². The first-order valence-corrected chi connectivity index (χ1v) is 9.65. The van der Waals surface area contributed by atoms with Gasteiger partial charge in [-0.05, 0) is 19.1 Å². The van der Waals surface area contributed by atoms with Gasteiger partial charge in [0.2, 0.25) is 5.13 Å². The summed E-state index contributed by atoms with van der Waals surface area (Å²) in [5.74, 6) is 1.08. The summed E-state index contributed by atoms with van der Waals surface area (Å²) in [4.78, 5) is 4.28. The van der Waals surface area contributed by atoms with Gasteiger partial charge in [0.05, 0.1) is 24.0 Å². The zero-order valence-electron chi connectivity index (χ0n) is 14.7. The van der Waals surface area contributed by atoms with E-state index in [1.54, 1.807) is 25.5 Å². The van der Waals surface area contributed by atoms with Gasteiger partial charge < -0.3 is 9.47 Å². The molecule has 2 aromatic carbocycles. The van der Waals surface area contributed by atoms with Crippen LogP contribution in [0.5, 0.6) is 11.5 Å². The number of hydrogen-bond donors (Lipinski definition) is 1. The highest BCUT2D eigenvalue weighted by atomic mass is 35.5. The lowest BCUT2D eigenvalue weighted by molar-refractivity contribution is 0.284. The van der Waals surface area contributed by atoms with Crippen molar-refractivity contribution in [2.24, 2.45) is 5.10 Å². The van der Waals surface area contributed by atoms with E-state index in [1.165, 1.54) is 11.3 Å². The smallest absolute Gasteiger partial charge is 0.203 e. The molecule has 0 atom stereocenters. The Hall–Kier alpha value is -2.28. The van der Waals surface area contributed by atoms with E-state index in [0.717, 1.165) is 11.3 Å². The Kier molecular flexibility index (Phi) is 6.55. The molecular weight excluding hydrogens is 405 g/mol. The van der Waals surface area contributed by atoms with E-state index in [0.29, 0.717) is 38.8 Å². The number of hydrazone groups is 1. The second-order valence-electron chi connectivity index (χ2n) is 5.57. The number of thiazole rings is 1. The molecule has 1 N–H and O–H groups in total. The first-order chi connectivity index (χ1) is 13.1. The topological polar surface area (TPSA) is 55.7 Å².